The Kier molecular flexibility index (Phi) is 5.84. The van der Waals surface area contributed by atoms with Gasteiger partial charge in [0, 0.05) is 22.9 Å². The van der Waals surface area contributed by atoms with Gasteiger partial charge in [-0.15, -0.1) is 0 Å². The van der Waals surface area contributed by atoms with E-state index in [4.69, 9.17) is 10.5 Å². The molecule has 5 rings (SSSR count). The van der Waals surface area contributed by atoms with E-state index in [0.29, 0.717) is 28.3 Å². The number of nitrogens with two attached hydrogens (primary N) is 1. The Morgan fingerprint density at radius 1 is 0.806 bits per heavy atom. The fourth-order valence-corrected chi connectivity index (χ4v) is 4.46. The molecular formula is C31H28N2O3. The van der Waals surface area contributed by atoms with Gasteiger partial charge < -0.3 is 15.8 Å². The van der Waals surface area contributed by atoms with Crippen molar-refractivity contribution in [2.24, 2.45) is 0 Å². The molecule has 5 heteroatoms. The molecule has 5 nitrogen and oxygen atoms in total. The van der Waals surface area contributed by atoms with Crippen molar-refractivity contribution in [2.75, 3.05) is 11.1 Å². The number of para-hydroxylation sites is 1. The van der Waals surface area contributed by atoms with Crippen LogP contribution in [0, 0.1) is 0 Å². The molecule has 4 aromatic carbocycles. The summed E-state index contributed by atoms with van der Waals surface area (Å²) in [4.78, 5) is 27.1. The Labute approximate surface area is 210 Å². The van der Waals surface area contributed by atoms with Crippen LogP contribution < -0.4 is 15.8 Å². The molecule has 4 aromatic rings. The second-order valence-electron chi connectivity index (χ2n) is 9.64. The molecule has 180 valence electrons. The molecule has 0 fully saturated rings. The highest BCUT2D eigenvalue weighted by Gasteiger charge is 2.35. The molecule has 0 amide bonds. The minimum absolute atomic E-state index is 0.0519. The average molecular weight is 477 g/mol. The first kappa shape index (κ1) is 23.4. The number of fused-ring (bicyclic) bond motifs is 2. The Bertz CT molecular complexity index is 1470. The van der Waals surface area contributed by atoms with Crippen molar-refractivity contribution in [1.29, 1.82) is 0 Å². The Morgan fingerprint density at radius 2 is 1.39 bits per heavy atom. The lowest BCUT2D eigenvalue weighted by molar-refractivity contribution is 0.0980. The monoisotopic (exact) mass is 476 g/mol. The number of ketones is 2. The van der Waals surface area contributed by atoms with Gasteiger partial charge in [0.25, 0.3) is 0 Å². The smallest absolute Gasteiger partial charge is 0.196 e. The summed E-state index contributed by atoms with van der Waals surface area (Å²) in [5.74, 6) is 0.371. The number of nitrogens with one attached hydrogen (secondary N) is 1. The number of carbonyl (C=O) groups is 2. The van der Waals surface area contributed by atoms with Gasteiger partial charge in [-0.05, 0) is 41.7 Å². The number of anilines is 3. The topological polar surface area (TPSA) is 81.4 Å². The molecule has 0 heterocycles. The van der Waals surface area contributed by atoms with E-state index in [1.165, 1.54) is 5.56 Å². The van der Waals surface area contributed by atoms with Crippen molar-refractivity contribution in [3.63, 3.8) is 0 Å². The van der Waals surface area contributed by atoms with E-state index < -0.39 is 0 Å². The molecule has 0 spiro atoms. The van der Waals surface area contributed by atoms with Crippen LogP contribution in [0.5, 0.6) is 11.5 Å². The van der Waals surface area contributed by atoms with Crippen molar-refractivity contribution in [2.45, 2.75) is 32.6 Å². The zero-order chi connectivity index (χ0) is 25.4. The van der Waals surface area contributed by atoms with Gasteiger partial charge in [0.1, 0.15) is 5.75 Å². The molecule has 1 aliphatic rings. The number of benzene rings is 4. The highest BCUT2D eigenvalue weighted by atomic mass is 16.5. The van der Waals surface area contributed by atoms with Crippen LogP contribution in [-0.4, -0.2) is 11.6 Å². The van der Waals surface area contributed by atoms with Crippen molar-refractivity contribution in [3.05, 3.63) is 113 Å². The molecule has 0 saturated carbocycles. The second-order valence-corrected chi connectivity index (χ2v) is 9.64. The van der Waals surface area contributed by atoms with Gasteiger partial charge in [-0.25, -0.2) is 0 Å². The lowest BCUT2D eigenvalue weighted by atomic mass is 9.82. The summed E-state index contributed by atoms with van der Waals surface area (Å²) in [6.45, 7) is 6.56. The molecule has 0 bridgehead atoms. The summed E-state index contributed by atoms with van der Waals surface area (Å²) in [5.41, 5.74) is 10.3. The first-order valence-electron chi connectivity index (χ1n) is 12.1. The fourth-order valence-electron chi connectivity index (χ4n) is 4.46. The van der Waals surface area contributed by atoms with Crippen LogP contribution >= 0.6 is 0 Å². The summed E-state index contributed by atoms with van der Waals surface area (Å²) in [7, 11) is 0. The van der Waals surface area contributed by atoms with Gasteiger partial charge in [-0.1, -0.05) is 75.4 Å². The van der Waals surface area contributed by atoms with Gasteiger partial charge in [0.15, 0.2) is 17.3 Å². The minimum Gasteiger partial charge on any atom is -0.455 e. The molecule has 0 unspecified atom stereocenters. The van der Waals surface area contributed by atoms with Crippen LogP contribution in [0.2, 0.25) is 0 Å². The first-order chi connectivity index (χ1) is 17.3. The molecule has 0 aromatic heterocycles. The van der Waals surface area contributed by atoms with Crippen LogP contribution in [0.25, 0.3) is 0 Å². The number of ether oxygens (including phenoxy) is 1. The first-order valence-corrected chi connectivity index (χ1v) is 12.1. The average Bonchev–Trinajstić information content (AvgIpc) is 2.90. The molecule has 36 heavy (non-hydrogen) atoms. The third-order valence-electron chi connectivity index (χ3n) is 7.00. The van der Waals surface area contributed by atoms with Crippen LogP contribution in [0.1, 0.15) is 64.6 Å². The highest BCUT2D eigenvalue weighted by molar-refractivity contribution is 6.32. The van der Waals surface area contributed by atoms with E-state index in [0.717, 1.165) is 12.1 Å². The second kappa shape index (κ2) is 9.00. The standard InChI is InChI=1S/C31H28N2O3/c1-4-31(2,3)19-14-16-21(17-15-19)36-25-18-24(33-20-10-6-5-7-11-20)26-27(28(25)32)30(35)23-13-9-8-12-22(23)29(26)34/h5-18,33H,4,32H2,1-3H3. The van der Waals surface area contributed by atoms with Crippen LogP contribution in [0.4, 0.5) is 17.1 Å². The predicted molar refractivity (Wildman–Crippen MR) is 144 cm³/mol. The zero-order valence-corrected chi connectivity index (χ0v) is 20.6. The molecular weight excluding hydrogens is 448 g/mol. The van der Waals surface area contributed by atoms with E-state index in [9.17, 15) is 9.59 Å². The molecule has 0 saturated heterocycles. The molecule has 0 radical (unpaired) electrons. The van der Waals surface area contributed by atoms with Crippen LogP contribution in [0.3, 0.4) is 0 Å². The maximum Gasteiger partial charge on any atom is 0.196 e. The fraction of sp³-hybridized carbons (Fsp3) is 0.161. The van der Waals surface area contributed by atoms with E-state index in [1.807, 2.05) is 54.6 Å². The van der Waals surface area contributed by atoms with Gasteiger partial charge >= 0.3 is 0 Å². The third-order valence-corrected chi connectivity index (χ3v) is 7.00. The maximum atomic E-state index is 13.6. The summed E-state index contributed by atoms with van der Waals surface area (Å²) in [6, 6.07) is 25.9. The Hall–Kier alpha value is -4.38. The van der Waals surface area contributed by atoms with E-state index in [-0.39, 0.29) is 33.8 Å². The summed E-state index contributed by atoms with van der Waals surface area (Å²) < 4.78 is 6.20. The number of carbonyl (C=O) groups excluding carboxylic acids is 2. The maximum absolute atomic E-state index is 13.6. The highest BCUT2D eigenvalue weighted by Crippen LogP contribution is 2.43. The Balaban J connectivity index is 1.62. The van der Waals surface area contributed by atoms with E-state index >= 15 is 0 Å². The predicted octanol–water partition coefficient (Wildman–Crippen LogP) is 7.27. The molecule has 0 atom stereocenters. The zero-order valence-electron chi connectivity index (χ0n) is 20.6. The van der Waals surface area contributed by atoms with Gasteiger partial charge in [0.05, 0.1) is 22.5 Å². The van der Waals surface area contributed by atoms with Gasteiger partial charge in [0.2, 0.25) is 0 Å². The number of nitrogen functional groups attached to an aromatic ring is 1. The molecule has 1 aliphatic carbocycles. The van der Waals surface area contributed by atoms with E-state index in [1.54, 1.807) is 30.3 Å². The van der Waals surface area contributed by atoms with Gasteiger partial charge in [-0.3, -0.25) is 9.59 Å². The van der Waals surface area contributed by atoms with Crippen LogP contribution in [-0.2, 0) is 5.41 Å². The van der Waals surface area contributed by atoms with Crippen molar-refractivity contribution < 1.29 is 14.3 Å². The van der Waals surface area contributed by atoms with E-state index in [2.05, 4.69) is 26.1 Å². The van der Waals surface area contributed by atoms with Crippen LogP contribution in [0.15, 0.2) is 84.9 Å². The van der Waals surface area contributed by atoms with Gasteiger partial charge in [-0.2, -0.15) is 0 Å². The quantitative estimate of drug-likeness (QED) is 0.252. The number of hydrogen-bond donors (Lipinski definition) is 2. The Morgan fingerprint density at radius 3 is 2.00 bits per heavy atom. The van der Waals surface area contributed by atoms with Crippen molar-refractivity contribution in [3.8, 4) is 11.5 Å². The largest absolute Gasteiger partial charge is 0.455 e. The SMILES string of the molecule is CCC(C)(C)c1ccc(Oc2cc(Nc3ccccc3)c3c(c2N)C(=O)c2ccccc2C3=O)cc1. The minimum atomic E-state index is -0.292. The summed E-state index contributed by atoms with van der Waals surface area (Å²) >= 11 is 0. The van der Waals surface area contributed by atoms with Crippen molar-refractivity contribution in [1.82, 2.24) is 0 Å². The number of rotatable bonds is 6. The number of hydrogen-bond acceptors (Lipinski definition) is 5. The van der Waals surface area contributed by atoms with Crippen molar-refractivity contribution >= 4 is 28.6 Å². The summed E-state index contributed by atoms with van der Waals surface area (Å²) in [5, 5.41) is 3.30. The molecule has 0 aliphatic heterocycles. The molecule has 3 N–H and O–H groups in total. The third kappa shape index (κ3) is 4.03. The lowest BCUT2D eigenvalue weighted by Crippen LogP contribution is -2.24. The summed E-state index contributed by atoms with van der Waals surface area (Å²) in [6.07, 6.45) is 1.01. The lowest BCUT2D eigenvalue weighted by Gasteiger charge is -2.25. The normalized spacial score (nSPS) is 12.6.